The molecule has 1 nitrogen and oxygen atoms in total. The van der Waals surface area contributed by atoms with E-state index >= 15 is 0 Å². The van der Waals surface area contributed by atoms with E-state index in [1.807, 2.05) is 23.5 Å². The van der Waals surface area contributed by atoms with Crippen LogP contribution in [0.2, 0.25) is 5.02 Å². The van der Waals surface area contributed by atoms with E-state index in [1.165, 1.54) is 15.3 Å². The summed E-state index contributed by atoms with van der Waals surface area (Å²) in [5.41, 5.74) is 2.41. The minimum Gasteiger partial charge on any atom is -0.310 e. The van der Waals surface area contributed by atoms with Crippen molar-refractivity contribution in [1.29, 1.82) is 0 Å². The van der Waals surface area contributed by atoms with Crippen molar-refractivity contribution >= 4 is 22.9 Å². The van der Waals surface area contributed by atoms with Gasteiger partial charge in [-0.25, -0.2) is 0 Å². The Hall–Kier alpha value is -0.830. The molecule has 1 N–H and O–H groups in total. The van der Waals surface area contributed by atoms with E-state index in [2.05, 4.69) is 44.3 Å². The third-order valence-electron chi connectivity index (χ3n) is 3.36. The summed E-state index contributed by atoms with van der Waals surface area (Å²) in [6.07, 6.45) is 1.11. The van der Waals surface area contributed by atoms with Crippen LogP contribution in [0.1, 0.15) is 36.8 Å². The van der Waals surface area contributed by atoms with Crippen LogP contribution in [0.4, 0.5) is 0 Å². The lowest BCUT2D eigenvalue weighted by Crippen LogP contribution is -2.18. The standard InChI is InChI=1S/C16H20ClNS/c1-4-14(18-5-2)16-10-9-15(19-16)12-7-6-8-13(17)11(12)3/h6-10,14,18H,4-5H2,1-3H3. The number of hydrogen-bond acceptors (Lipinski definition) is 2. The molecule has 0 aliphatic rings. The zero-order chi connectivity index (χ0) is 13.8. The Morgan fingerprint density at radius 1 is 1.21 bits per heavy atom. The highest BCUT2D eigenvalue weighted by Crippen LogP contribution is 2.35. The van der Waals surface area contributed by atoms with E-state index in [0.29, 0.717) is 6.04 Å². The van der Waals surface area contributed by atoms with Crippen molar-refractivity contribution in [3.63, 3.8) is 0 Å². The molecule has 0 saturated heterocycles. The summed E-state index contributed by atoms with van der Waals surface area (Å²) in [5.74, 6) is 0. The Morgan fingerprint density at radius 3 is 2.68 bits per heavy atom. The molecule has 1 aromatic carbocycles. The van der Waals surface area contributed by atoms with Crippen molar-refractivity contribution < 1.29 is 0 Å². The van der Waals surface area contributed by atoms with E-state index in [4.69, 9.17) is 11.6 Å². The Kier molecular flexibility index (Phi) is 5.03. The molecular weight excluding hydrogens is 274 g/mol. The van der Waals surface area contributed by atoms with Crippen LogP contribution < -0.4 is 5.32 Å². The fraction of sp³-hybridized carbons (Fsp3) is 0.375. The molecule has 1 unspecified atom stereocenters. The summed E-state index contributed by atoms with van der Waals surface area (Å²) in [6, 6.07) is 11.0. The van der Waals surface area contributed by atoms with E-state index in [1.54, 1.807) is 0 Å². The van der Waals surface area contributed by atoms with Gasteiger partial charge in [0.15, 0.2) is 0 Å². The summed E-state index contributed by atoms with van der Waals surface area (Å²) in [5, 5.41) is 4.36. The zero-order valence-electron chi connectivity index (χ0n) is 11.7. The first kappa shape index (κ1) is 14.6. The van der Waals surface area contributed by atoms with Gasteiger partial charge >= 0.3 is 0 Å². The van der Waals surface area contributed by atoms with Gasteiger partial charge in [0.1, 0.15) is 0 Å². The molecule has 0 amide bonds. The Balaban J connectivity index is 2.32. The molecule has 0 saturated carbocycles. The Labute approximate surface area is 124 Å². The van der Waals surface area contributed by atoms with Crippen LogP contribution in [-0.4, -0.2) is 6.54 Å². The normalized spacial score (nSPS) is 12.6. The van der Waals surface area contributed by atoms with Gasteiger partial charge in [0.2, 0.25) is 0 Å². The maximum Gasteiger partial charge on any atom is 0.0441 e. The van der Waals surface area contributed by atoms with Gasteiger partial charge in [-0.1, -0.05) is 37.6 Å². The second kappa shape index (κ2) is 6.56. The first-order chi connectivity index (χ1) is 9.17. The van der Waals surface area contributed by atoms with Gasteiger partial charge in [-0.15, -0.1) is 11.3 Å². The van der Waals surface area contributed by atoms with Crippen LogP contribution in [0.25, 0.3) is 10.4 Å². The topological polar surface area (TPSA) is 12.0 Å². The van der Waals surface area contributed by atoms with Crippen LogP contribution in [-0.2, 0) is 0 Å². The lowest BCUT2D eigenvalue weighted by atomic mass is 10.1. The number of hydrogen-bond donors (Lipinski definition) is 1. The van der Waals surface area contributed by atoms with Gasteiger partial charge in [-0.3, -0.25) is 0 Å². The Morgan fingerprint density at radius 2 is 2.00 bits per heavy atom. The summed E-state index contributed by atoms with van der Waals surface area (Å²) < 4.78 is 0. The second-order valence-corrected chi connectivity index (χ2v) is 6.16. The Bertz CT molecular complexity index is 547. The van der Waals surface area contributed by atoms with Crippen molar-refractivity contribution in [3.05, 3.63) is 45.8 Å². The van der Waals surface area contributed by atoms with E-state index in [-0.39, 0.29) is 0 Å². The number of thiophene rings is 1. The molecule has 0 aliphatic carbocycles. The molecule has 102 valence electrons. The van der Waals surface area contributed by atoms with Gasteiger partial charge < -0.3 is 5.32 Å². The smallest absolute Gasteiger partial charge is 0.0441 e. The second-order valence-electron chi connectivity index (χ2n) is 4.63. The summed E-state index contributed by atoms with van der Waals surface area (Å²) >= 11 is 8.06. The van der Waals surface area contributed by atoms with E-state index < -0.39 is 0 Å². The van der Waals surface area contributed by atoms with Crippen LogP contribution in [0.5, 0.6) is 0 Å². The van der Waals surface area contributed by atoms with Crippen molar-refractivity contribution in [1.82, 2.24) is 5.32 Å². The van der Waals surface area contributed by atoms with E-state index in [9.17, 15) is 0 Å². The lowest BCUT2D eigenvalue weighted by molar-refractivity contribution is 0.545. The molecule has 2 rings (SSSR count). The largest absolute Gasteiger partial charge is 0.310 e. The molecule has 1 heterocycles. The molecule has 1 aromatic heterocycles. The third-order valence-corrected chi connectivity index (χ3v) is 5.00. The van der Waals surface area contributed by atoms with Crippen LogP contribution >= 0.6 is 22.9 Å². The lowest BCUT2D eigenvalue weighted by Gasteiger charge is -2.13. The molecule has 3 heteroatoms. The van der Waals surface area contributed by atoms with Crippen LogP contribution in [0.15, 0.2) is 30.3 Å². The van der Waals surface area contributed by atoms with Gasteiger partial charge in [0.25, 0.3) is 0 Å². The predicted molar refractivity (Wildman–Crippen MR) is 86.2 cm³/mol. The van der Waals surface area contributed by atoms with Gasteiger partial charge in [0, 0.05) is 20.8 Å². The quantitative estimate of drug-likeness (QED) is 0.774. The third kappa shape index (κ3) is 3.19. The van der Waals surface area contributed by atoms with Crippen molar-refractivity contribution in [2.24, 2.45) is 0 Å². The van der Waals surface area contributed by atoms with Crippen molar-refractivity contribution in [2.45, 2.75) is 33.2 Å². The number of nitrogens with one attached hydrogen (secondary N) is 1. The van der Waals surface area contributed by atoms with Crippen LogP contribution in [0.3, 0.4) is 0 Å². The zero-order valence-corrected chi connectivity index (χ0v) is 13.2. The average Bonchev–Trinajstić information content (AvgIpc) is 2.88. The maximum atomic E-state index is 6.20. The highest BCUT2D eigenvalue weighted by molar-refractivity contribution is 7.15. The fourth-order valence-electron chi connectivity index (χ4n) is 2.25. The number of halogens is 1. The van der Waals surface area contributed by atoms with E-state index in [0.717, 1.165) is 23.6 Å². The summed E-state index contributed by atoms with van der Waals surface area (Å²) in [7, 11) is 0. The minimum atomic E-state index is 0.461. The number of rotatable bonds is 5. The van der Waals surface area contributed by atoms with Gasteiger partial charge in [-0.2, -0.15) is 0 Å². The highest BCUT2D eigenvalue weighted by atomic mass is 35.5. The molecule has 0 radical (unpaired) electrons. The monoisotopic (exact) mass is 293 g/mol. The average molecular weight is 294 g/mol. The van der Waals surface area contributed by atoms with Gasteiger partial charge in [-0.05, 0) is 49.2 Å². The molecular formula is C16H20ClNS. The number of benzene rings is 1. The van der Waals surface area contributed by atoms with Gasteiger partial charge in [0.05, 0.1) is 0 Å². The molecule has 19 heavy (non-hydrogen) atoms. The van der Waals surface area contributed by atoms with Crippen LogP contribution in [0, 0.1) is 6.92 Å². The SMILES string of the molecule is CCNC(CC)c1ccc(-c2cccc(Cl)c2C)s1. The summed E-state index contributed by atoms with van der Waals surface area (Å²) in [4.78, 5) is 2.70. The first-order valence-electron chi connectivity index (χ1n) is 6.76. The molecule has 0 spiro atoms. The minimum absolute atomic E-state index is 0.461. The summed E-state index contributed by atoms with van der Waals surface area (Å²) in [6.45, 7) is 7.45. The van der Waals surface area contributed by atoms with Crippen molar-refractivity contribution in [2.75, 3.05) is 6.54 Å². The molecule has 0 bridgehead atoms. The fourth-order valence-corrected chi connectivity index (χ4v) is 3.68. The molecule has 2 aromatic rings. The molecule has 0 fully saturated rings. The predicted octanol–water partition coefficient (Wildman–Crippen LogP) is 5.44. The molecule has 1 atom stereocenters. The highest BCUT2D eigenvalue weighted by Gasteiger charge is 2.13. The first-order valence-corrected chi connectivity index (χ1v) is 7.95. The maximum absolute atomic E-state index is 6.20. The molecule has 0 aliphatic heterocycles. The van der Waals surface area contributed by atoms with Crippen molar-refractivity contribution in [3.8, 4) is 10.4 Å².